The van der Waals surface area contributed by atoms with E-state index >= 15 is 0 Å². The molecule has 5 nitrogen and oxygen atoms in total. The molecule has 2 N–H and O–H groups in total. The molecule has 0 spiro atoms. The van der Waals surface area contributed by atoms with Gasteiger partial charge in [0, 0.05) is 36.2 Å². The summed E-state index contributed by atoms with van der Waals surface area (Å²) in [5.41, 5.74) is 2.52. The van der Waals surface area contributed by atoms with Crippen LogP contribution in [0.15, 0.2) is 30.4 Å². The lowest BCUT2D eigenvalue weighted by Gasteiger charge is -2.35. The zero-order valence-corrected chi connectivity index (χ0v) is 13.5. The van der Waals surface area contributed by atoms with E-state index in [0.717, 1.165) is 17.7 Å². The number of carbonyl (C=O) groups is 2. The van der Waals surface area contributed by atoms with Crippen molar-refractivity contribution in [2.24, 2.45) is 5.92 Å². The molecule has 3 atom stereocenters. The van der Waals surface area contributed by atoms with Crippen LogP contribution in [0.25, 0.3) is 0 Å². The third-order valence-corrected chi connectivity index (χ3v) is 4.93. The maximum atomic E-state index is 12.6. The molecular formula is C18H22N2O3. The molecule has 0 bridgehead atoms. The standard InChI is InChI=1S/C18H22N2O3/c1-3-20(4-2)17(21)11-8-9-15-14(10-11)12-6-5-7-13(12)16(19-15)18(22)23/h5-6,8-10,12-13,16,19H,3-4,7H2,1-2H3,(H,22,23)/t12-,13-,16+/m1/s1. The molecule has 3 rings (SSSR count). The minimum absolute atomic E-state index is 0.0128. The van der Waals surface area contributed by atoms with Crippen LogP contribution in [0.3, 0.4) is 0 Å². The quantitative estimate of drug-likeness (QED) is 0.838. The lowest BCUT2D eigenvalue weighted by atomic mass is 9.79. The SMILES string of the molecule is CCN(CC)C(=O)c1ccc2c(c1)[C@@H]1C=CC[C@H]1[C@@H](C(=O)O)N2. The first-order valence-electron chi connectivity index (χ1n) is 8.16. The minimum Gasteiger partial charge on any atom is -0.480 e. The van der Waals surface area contributed by atoms with Gasteiger partial charge in [-0.25, -0.2) is 4.79 Å². The van der Waals surface area contributed by atoms with Gasteiger partial charge < -0.3 is 15.3 Å². The summed E-state index contributed by atoms with van der Waals surface area (Å²) in [5.74, 6) is -0.718. The van der Waals surface area contributed by atoms with Gasteiger partial charge in [0.25, 0.3) is 5.91 Å². The second-order valence-electron chi connectivity index (χ2n) is 6.09. The van der Waals surface area contributed by atoms with Crippen molar-refractivity contribution in [1.82, 2.24) is 4.90 Å². The molecule has 0 radical (unpaired) electrons. The number of aliphatic carboxylic acids is 1. The minimum atomic E-state index is -0.822. The van der Waals surface area contributed by atoms with E-state index < -0.39 is 12.0 Å². The summed E-state index contributed by atoms with van der Waals surface area (Å²) < 4.78 is 0. The monoisotopic (exact) mass is 314 g/mol. The lowest BCUT2D eigenvalue weighted by Crippen LogP contribution is -2.42. The van der Waals surface area contributed by atoms with E-state index in [4.69, 9.17) is 0 Å². The average Bonchev–Trinajstić information content (AvgIpc) is 3.04. The molecular weight excluding hydrogens is 292 g/mol. The third kappa shape index (κ3) is 2.60. The van der Waals surface area contributed by atoms with Gasteiger partial charge in [-0.1, -0.05) is 12.2 Å². The molecule has 1 aromatic rings. The predicted octanol–water partition coefficient (Wildman–Crippen LogP) is 2.71. The largest absolute Gasteiger partial charge is 0.480 e. The molecule has 0 saturated heterocycles. The van der Waals surface area contributed by atoms with E-state index in [2.05, 4.69) is 11.4 Å². The van der Waals surface area contributed by atoms with Gasteiger partial charge in [0.2, 0.25) is 0 Å². The van der Waals surface area contributed by atoms with Crippen molar-refractivity contribution in [3.63, 3.8) is 0 Å². The first-order chi connectivity index (χ1) is 11.1. The molecule has 1 heterocycles. The summed E-state index contributed by atoms with van der Waals surface area (Å²) in [5, 5.41) is 12.6. The predicted molar refractivity (Wildman–Crippen MR) is 88.7 cm³/mol. The molecule has 1 amide bonds. The fourth-order valence-corrected chi connectivity index (χ4v) is 3.67. The third-order valence-electron chi connectivity index (χ3n) is 4.93. The first kappa shape index (κ1) is 15.6. The number of nitrogens with one attached hydrogen (secondary N) is 1. The molecule has 0 saturated carbocycles. The van der Waals surface area contributed by atoms with Gasteiger partial charge in [-0.15, -0.1) is 0 Å². The van der Waals surface area contributed by atoms with Gasteiger partial charge in [0.15, 0.2) is 0 Å². The Morgan fingerprint density at radius 3 is 2.70 bits per heavy atom. The van der Waals surface area contributed by atoms with Gasteiger partial charge >= 0.3 is 5.97 Å². The summed E-state index contributed by atoms with van der Waals surface area (Å²) in [6.45, 7) is 5.29. The van der Waals surface area contributed by atoms with Crippen LogP contribution in [0.4, 0.5) is 5.69 Å². The van der Waals surface area contributed by atoms with Gasteiger partial charge in [-0.2, -0.15) is 0 Å². The zero-order chi connectivity index (χ0) is 16.6. The summed E-state index contributed by atoms with van der Waals surface area (Å²) in [6, 6.07) is 4.97. The number of allylic oxidation sites excluding steroid dienone is 2. The van der Waals surface area contributed by atoms with Crippen molar-refractivity contribution in [1.29, 1.82) is 0 Å². The number of amides is 1. The molecule has 1 aliphatic heterocycles. The number of carbonyl (C=O) groups excluding carboxylic acids is 1. The molecule has 0 unspecified atom stereocenters. The van der Waals surface area contributed by atoms with Crippen molar-refractivity contribution in [2.45, 2.75) is 32.2 Å². The molecule has 0 fully saturated rings. The molecule has 1 aromatic carbocycles. The number of fused-ring (bicyclic) bond motifs is 3. The second-order valence-corrected chi connectivity index (χ2v) is 6.09. The van der Waals surface area contributed by atoms with Gasteiger partial charge in [-0.3, -0.25) is 4.79 Å². The van der Waals surface area contributed by atoms with Crippen LogP contribution in [0.5, 0.6) is 0 Å². The topological polar surface area (TPSA) is 69.6 Å². The van der Waals surface area contributed by atoms with Crippen LogP contribution in [0.2, 0.25) is 0 Å². The Balaban J connectivity index is 1.97. The van der Waals surface area contributed by atoms with Gasteiger partial charge in [0.05, 0.1) is 0 Å². The molecule has 23 heavy (non-hydrogen) atoms. The fourth-order valence-electron chi connectivity index (χ4n) is 3.67. The summed E-state index contributed by atoms with van der Waals surface area (Å²) >= 11 is 0. The number of nitrogens with zero attached hydrogens (tertiary/aromatic N) is 1. The highest BCUT2D eigenvalue weighted by atomic mass is 16.4. The zero-order valence-electron chi connectivity index (χ0n) is 13.5. The van der Waals surface area contributed by atoms with E-state index in [0.29, 0.717) is 18.7 Å². The Kier molecular flexibility index (Phi) is 4.11. The van der Waals surface area contributed by atoms with Crippen LogP contribution in [-0.4, -0.2) is 41.0 Å². The van der Waals surface area contributed by atoms with Crippen LogP contribution < -0.4 is 5.32 Å². The van der Waals surface area contributed by atoms with E-state index in [-0.39, 0.29) is 17.7 Å². The Morgan fingerprint density at radius 2 is 2.04 bits per heavy atom. The Hall–Kier alpha value is -2.30. The van der Waals surface area contributed by atoms with E-state index in [1.165, 1.54) is 0 Å². The highest BCUT2D eigenvalue weighted by Gasteiger charge is 2.40. The maximum Gasteiger partial charge on any atom is 0.326 e. The summed E-state index contributed by atoms with van der Waals surface area (Å²) in [4.78, 5) is 25.8. The van der Waals surface area contributed by atoms with Crippen molar-refractivity contribution in [3.8, 4) is 0 Å². The molecule has 5 heteroatoms. The number of hydrogen-bond donors (Lipinski definition) is 2. The van der Waals surface area contributed by atoms with Crippen molar-refractivity contribution < 1.29 is 14.7 Å². The summed E-state index contributed by atoms with van der Waals surface area (Å²) in [7, 11) is 0. The number of benzene rings is 1. The highest BCUT2D eigenvalue weighted by molar-refractivity contribution is 5.95. The molecule has 0 aromatic heterocycles. The van der Waals surface area contributed by atoms with E-state index in [1.54, 1.807) is 11.0 Å². The highest BCUT2D eigenvalue weighted by Crippen LogP contribution is 2.44. The van der Waals surface area contributed by atoms with Crippen molar-refractivity contribution in [2.75, 3.05) is 18.4 Å². The van der Waals surface area contributed by atoms with Crippen molar-refractivity contribution >= 4 is 17.6 Å². The molecule has 2 aliphatic rings. The Morgan fingerprint density at radius 1 is 1.30 bits per heavy atom. The number of carboxylic acid groups (broad SMARTS) is 1. The number of anilines is 1. The first-order valence-corrected chi connectivity index (χ1v) is 8.16. The summed E-state index contributed by atoms with van der Waals surface area (Å²) in [6.07, 6.45) is 4.87. The maximum absolute atomic E-state index is 12.6. The number of rotatable bonds is 4. The number of hydrogen-bond acceptors (Lipinski definition) is 3. The van der Waals surface area contributed by atoms with Crippen LogP contribution in [0.1, 0.15) is 42.1 Å². The van der Waals surface area contributed by atoms with Crippen molar-refractivity contribution in [3.05, 3.63) is 41.5 Å². The Labute approximate surface area is 136 Å². The molecule has 1 aliphatic carbocycles. The van der Waals surface area contributed by atoms with E-state index in [9.17, 15) is 14.7 Å². The van der Waals surface area contributed by atoms with Gasteiger partial charge in [-0.05, 0) is 44.0 Å². The van der Waals surface area contributed by atoms with E-state index in [1.807, 2.05) is 32.1 Å². The Bertz CT molecular complexity index is 664. The van der Waals surface area contributed by atoms with Gasteiger partial charge in [0.1, 0.15) is 6.04 Å². The smallest absolute Gasteiger partial charge is 0.326 e. The number of carboxylic acids is 1. The van der Waals surface area contributed by atoms with Crippen LogP contribution >= 0.6 is 0 Å². The lowest BCUT2D eigenvalue weighted by molar-refractivity contribution is -0.139. The van der Waals surface area contributed by atoms with Crippen LogP contribution in [0, 0.1) is 5.92 Å². The average molecular weight is 314 g/mol. The normalized spacial score (nSPS) is 24.5. The second kappa shape index (κ2) is 6.07. The molecule has 122 valence electrons. The fraction of sp³-hybridized carbons (Fsp3) is 0.444. The van der Waals surface area contributed by atoms with Crippen LogP contribution in [-0.2, 0) is 4.79 Å².